The Labute approximate surface area is 207 Å². The Hall–Kier alpha value is -4.95. The van der Waals surface area contributed by atoms with E-state index in [2.05, 4.69) is 27.3 Å². The van der Waals surface area contributed by atoms with Crippen LogP contribution in [0.15, 0.2) is 65.5 Å². The maximum atomic E-state index is 14.8. The van der Waals surface area contributed by atoms with Gasteiger partial charge in [-0.2, -0.15) is 5.26 Å². The summed E-state index contributed by atoms with van der Waals surface area (Å²) in [6.07, 6.45) is 5.55. The first-order chi connectivity index (χ1) is 17.4. The quantitative estimate of drug-likeness (QED) is 0.393. The predicted octanol–water partition coefficient (Wildman–Crippen LogP) is 3.81. The van der Waals surface area contributed by atoms with Gasteiger partial charge in [0.1, 0.15) is 11.6 Å². The van der Waals surface area contributed by atoms with E-state index in [-0.39, 0.29) is 36.6 Å². The van der Waals surface area contributed by atoms with Crippen LogP contribution in [-0.2, 0) is 13.1 Å². The number of hydrogen-bond acceptors (Lipinski definition) is 5. The van der Waals surface area contributed by atoms with Gasteiger partial charge < -0.3 is 15.2 Å². The predicted molar refractivity (Wildman–Crippen MR) is 136 cm³/mol. The van der Waals surface area contributed by atoms with Crippen LogP contribution >= 0.6 is 0 Å². The highest BCUT2D eigenvalue weighted by atomic mass is 19.1. The summed E-state index contributed by atoms with van der Waals surface area (Å²) in [5.74, 6) is 2.22. The van der Waals surface area contributed by atoms with Crippen molar-refractivity contribution in [2.75, 3.05) is 11.4 Å². The van der Waals surface area contributed by atoms with Crippen molar-refractivity contribution in [1.82, 2.24) is 15.3 Å². The summed E-state index contributed by atoms with van der Waals surface area (Å²) in [4.78, 5) is 33.5. The largest absolute Gasteiger partial charge is 0.356 e. The molecule has 0 unspecified atom stereocenters. The fourth-order valence-electron chi connectivity index (χ4n) is 3.86. The molecule has 0 aliphatic heterocycles. The first kappa shape index (κ1) is 24.2. The minimum absolute atomic E-state index is 0.125. The van der Waals surface area contributed by atoms with E-state index in [1.165, 1.54) is 12.1 Å². The van der Waals surface area contributed by atoms with Crippen LogP contribution < -0.4 is 15.8 Å². The smallest absolute Gasteiger partial charge is 0.258 e. The van der Waals surface area contributed by atoms with Crippen molar-refractivity contribution in [3.8, 4) is 18.4 Å². The van der Waals surface area contributed by atoms with Crippen LogP contribution in [0.5, 0.6) is 0 Å². The van der Waals surface area contributed by atoms with Gasteiger partial charge in [-0.15, -0.1) is 6.42 Å². The number of fused-ring (bicyclic) bond motifs is 1. The van der Waals surface area contributed by atoms with Gasteiger partial charge in [0, 0.05) is 36.0 Å². The summed E-state index contributed by atoms with van der Waals surface area (Å²) in [6, 6.07) is 18.6. The van der Waals surface area contributed by atoms with Crippen LogP contribution in [0.25, 0.3) is 10.9 Å². The second-order valence-electron chi connectivity index (χ2n) is 8.21. The highest BCUT2D eigenvalue weighted by Crippen LogP contribution is 2.22. The highest BCUT2D eigenvalue weighted by Gasteiger charge is 2.14. The van der Waals surface area contributed by atoms with E-state index < -0.39 is 5.82 Å². The number of nitriles is 1. The van der Waals surface area contributed by atoms with Crippen LogP contribution in [0.3, 0.4) is 0 Å². The molecule has 1 heterocycles. The molecule has 1 aromatic heterocycles. The number of anilines is 1. The standard InChI is InChI=1S/C28H22FN5O2/c1-3-11-34(17-22-13-24-26(14-25(22)29)32-18(2)33-28(24)36)23-9-7-21(8-10-23)27(35)31-16-20-6-4-5-19(12-20)15-30/h1,4-10,12-14H,11,16-17H2,2H3,(H,31,35)(H,32,33,36). The number of terminal acetylenes is 1. The fraction of sp³-hybridized carbons (Fsp3) is 0.143. The van der Waals surface area contributed by atoms with Gasteiger partial charge in [-0.1, -0.05) is 18.1 Å². The van der Waals surface area contributed by atoms with Crippen molar-refractivity contribution in [1.29, 1.82) is 5.26 Å². The molecule has 0 atom stereocenters. The van der Waals surface area contributed by atoms with Crippen LogP contribution in [0.1, 0.15) is 32.9 Å². The number of carbonyl (C=O) groups excluding carboxylic acids is 1. The summed E-state index contributed by atoms with van der Waals surface area (Å²) in [5, 5.41) is 12.1. The average molecular weight is 480 g/mol. The monoisotopic (exact) mass is 479 g/mol. The minimum Gasteiger partial charge on any atom is -0.356 e. The number of carbonyl (C=O) groups is 1. The van der Waals surface area contributed by atoms with Crippen LogP contribution in [0.2, 0.25) is 0 Å². The Morgan fingerprint density at radius 3 is 2.69 bits per heavy atom. The van der Waals surface area contributed by atoms with Crippen molar-refractivity contribution in [2.45, 2.75) is 20.0 Å². The molecule has 8 heteroatoms. The highest BCUT2D eigenvalue weighted by molar-refractivity contribution is 5.94. The number of rotatable bonds is 7. The number of nitrogens with one attached hydrogen (secondary N) is 2. The summed E-state index contributed by atoms with van der Waals surface area (Å²) < 4.78 is 14.8. The first-order valence-corrected chi connectivity index (χ1v) is 11.1. The molecule has 7 nitrogen and oxygen atoms in total. The van der Waals surface area contributed by atoms with Crippen molar-refractivity contribution in [3.05, 3.63) is 105 Å². The van der Waals surface area contributed by atoms with Crippen molar-refractivity contribution >= 4 is 22.5 Å². The minimum atomic E-state index is -0.488. The number of halogens is 1. The molecule has 0 saturated carbocycles. The lowest BCUT2D eigenvalue weighted by molar-refractivity contribution is 0.0951. The van der Waals surface area contributed by atoms with E-state index in [1.54, 1.807) is 54.3 Å². The Morgan fingerprint density at radius 2 is 1.97 bits per heavy atom. The molecule has 0 bridgehead atoms. The molecule has 1 amide bonds. The zero-order valence-corrected chi connectivity index (χ0v) is 19.5. The van der Waals surface area contributed by atoms with Gasteiger partial charge in [0.05, 0.1) is 29.1 Å². The lowest BCUT2D eigenvalue weighted by Gasteiger charge is -2.23. The van der Waals surface area contributed by atoms with Gasteiger partial charge in [-0.3, -0.25) is 9.59 Å². The topological polar surface area (TPSA) is 102 Å². The molecule has 2 N–H and O–H groups in total. The van der Waals surface area contributed by atoms with Gasteiger partial charge in [-0.05, 0) is 55.0 Å². The molecule has 4 aromatic rings. The number of aryl methyl sites for hydroxylation is 1. The molecule has 0 aliphatic rings. The van der Waals surface area contributed by atoms with Crippen molar-refractivity contribution < 1.29 is 9.18 Å². The summed E-state index contributed by atoms with van der Waals surface area (Å²) in [5.41, 5.74) is 2.74. The number of hydrogen-bond donors (Lipinski definition) is 2. The third kappa shape index (κ3) is 5.40. The van der Waals surface area contributed by atoms with Crippen LogP contribution in [-0.4, -0.2) is 22.4 Å². The van der Waals surface area contributed by atoms with E-state index >= 15 is 0 Å². The second kappa shape index (κ2) is 10.5. The molecule has 0 fully saturated rings. The molecule has 0 radical (unpaired) electrons. The molecule has 0 spiro atoms. The number of aromatic amines is 1. The normalized spacial score (nSPS) is 10.4. The maximum Gasteiger partial charge on any atom is 0.258 e. The third-order valence-corrected chi connectivity index (χ3v) is 5.64. The van der Waals surface area contributed by atoms with E-state index in [1.807, 2.05) is 6.07 Å². The number of aromatic nitrogens is 2. The van der Waals surface area contributed by atoms with Crippen LogP contribution in [0.4, 0.5) is 10.1 Å². The molecular formula is C28H22FN5O2. The summed E-state index contributed by atoms with van der Waals surface area (Å²) in [6.45, 7) is 2.24. The molecule has 178 valence electrons. The Kier molecular flexibility index (Phi) is 7.08. The maximum absolute atomic E-state index is 14.8. The van der Waals surface area contributed by atoms with E-state index in [4.69, 9.17) is 11.7 Å². The summed E-state index contributed by atoms with van der Waals surface area (Å²) in [7, 11) is 0. The summed E-state index contributed by atoms with van der Waals surface area (Å²) >= 11 is 0. The van der Waals surface area contributed by atoms with E-state index in [0.29, 0.717) is 33.6 Å². The number of benzene rings is 3. The third-order valence-electron chi connectivity index (χ3n) is 5.64. The van der Waals surface area contributed by atoms with Gasteiger partial charge >= 0.3 is 0 Å². The number of amides is 1. The molecule has 4 rings (SSSR count). The fourth-order valence-corrected chi connectivity index (χ4v) is 3.86. The zero-order chi connectivity index (χ0) is 25.7. The zero-order valence-electron chi connectivity index (χ0n) is 19.5. The van der Waals surface area contributed by atoms with Gasteiger partial charge in [0.2, 0.25) is 0 Å². The van der Waals surface area contributed by atoms with E-state index in [0.717, 1.165) is 5.56 Å². The molecule has 36 heavy (non-hydrogen) atoms. The first-order valence-electron chi connectivity index (χ1n) is 11.1. The second-order valence-corrected chi connectivity index (χ2v) is 8.21. The van der Waals surface area contributed by atoms with Gasteiger partial charge in [0.25, 0.3) is 11.5 Å². The average Bonchev–Trinajstić information content (AvgIpc) is 2.88. The lowest BCUT2D eigenvalue weighted by Crippen LogP contribution is -2.25. The van der Waals surface area contributed by atoms with Gasteiger partial charge in [0.15, 0.2) is 0 Å². The Morgan fingerprint density at radius 1 is 1.19 bits per heavy atom. The number of H-pyrrole nitrogens is 1. The van der Waals surface area contributed by atoms with Crippen molar-refractivity contribution in [2.24, 2.45) is 0 Å². The molecule has 3 aromatic carbocycles. The molecular weight excluding hydrogens is 457 g/mol. The van der Waals surface area contributed by atoms with Crippen LogP contribution in [0, 0.1) is 36.4 Å². The molecule has 0 aliphatic carbocycles. The SMILES string of the molecule is C#CCN(Cc1cc2c(=O)[nH]c(C)nc2cc1F)c1ccc(C(=O)NCc2cccc(C#N)c2)cc1. The van der Waals surface area contributed by atoms with Gasteiger partial charge in [-0.25, -0.2) is 9.37 Å². The van der Waals surface area contributed by atoms with Crippen molar-refractivity contribution in [3.63, 3.8) is 0 Å². The Bertz CT molecular complexity index is 1580. The Balaban J connectivity index is 1.50. The van der Waals surface area contributed by atoms with E-state index in [9.17, 15) is 14.0 Å². The lowest BCUT2D eigenvalue weighted by atomic mass is 10.1. The molecule has 0 saturated heterocycles. The number of nitrogens with zero attached hydrogens (tertiary/aromatic N) is 3.